The summed E-state index contributed by atoms with van der Waals surface area (Å²) < 4.78 is 0. The maximum atomic E-state index is 13.1. The maximum absolute atomic E-state index is 13.1. The Kier molecular flexibility index (Phi) is 9.30. The molecule has 0 aliphatic carbocycles. The van der Waals surface area contributed by atoms with Gasteiger partial charge in [-0.2, -0.15) is 0 Å². The summed E-state index contributed by atoms with van der Waals surface area (Å²) >= 11 is 0. The fourth-order valence-corrected chi connectivity index (χ4v) is 3.66. The van der Waals surface area contributed by atoms with E-state index in [1.807, 2.05) is 81.6 Å². The van der Waals surface area contributed by atoms with Crippen molar-refractivity contribution in [3.8, 4) is 0 Å². The number of hydrogen-bond acceptors (Lipinski definition) is 5. The topological polar surface area (TPSA) is 93.9 Å². The van der Waals surface area contributed by atoms with Gasteiger partial charge < -0.3 is 31.1 Å². The fraction of sp³-hybridized carbons (Fsp3) is 0.286. The van der Waals surface area contributed by atoms with Crippen LogP contribution in [0.25, 0.3) is 0 Å². The number of hydrogen-bond donors (Lipinski definition) is 3. The van der Waals surface area contributed by atoms with Gasteiger partial charge in [-0.1, -0.05) is 24.3 Å². The number of rotatable bonds is 10. The Balaban J connectivity index is 1.67. The molecular weight excluding hydrogens is 452 g/mol. The molecule has 190 valence electrons. The number of urea groups is 1. The van der Waals surface area contributed by atoms with Crippen LogP contribution in [0.1, 0.15) is 22.3 Å². The number of nitrogens with one attached hydrogen (secondary N) is 2. The molecule has 0 aliphatic heterocycles. The Morgan fingerprint density at radius 3 is 2.08 bits per heavy atom. The molecule has 8 heteroatoms. The third kappa shape index (κ3) is 7.74. The molecule has 0 aromatic heterocycles. The normalized spacial score (nSPS) is 10.7. The monoisotopic (exact) mass is 488 g/mol. The summed E-state index contributed by atoms with van der Waals surface area (Å²) in [6, 6.07) is 22.0. The lowest BCUT2D eigenvalue weighted by Gasteiger charge is -2.24. The zero-order chi connectivity index (χ0) is 26.1. The van der Waals surface area contributed by atoms with E-state index in [0.717, 1.165) is 29.9 Å². The lowest BCUT2D eigenvalue weighted by molar-refractivity contribution is 0.102. The molecule has 0 unspecified atom stereocenters. The van der Waals surface area contributed by atoms with Crippen LogP contribution in [0.3, 0.4) is 0 Å². The molecule has 3 rings (SSSR count). The summed E-state index contributed by atoms with van der Waals surface area (Å²) in [6.07, 6.45) is 0.846. The van der Waals surface area contributed by atoms with E-state index in [0.29, 0.717) is 30.0 Å². The van der Waals surface area contributed by atoms with Gasteiger partial charge in [0.15, 0.2) is 0 Å². The van der Waals surface area contributed by atoms with Crippen molar-refractivity contribution in [3.63, 3.8) is 0 Å². The van der Waals surface area contributed by atoms with E-state index in [-0.39, 0.29) is 11.9 Å². The van der Waals surface area contributed by atoms with Gasteiger partial charge in [0.25, 0.3) is 5.91 Å². The Labute approximate surface area is 213 Å². The summed E-state index contributed by atoms with van der Waals surface area (Å²) in [5.41, 5.74) is 10.3. The van der Waals surface area contributed by atoms with Gasteiger partial charge in [0.1, 0.15) is 0 Å². The molecule has 0 atom stereocenters. The highest BCUT2D eigenvalue weighted by Gasteiger charge is 2.15. The minimum atomic E-state index is -0.235. The van der Waals surface area contributed by atoms with Gasteiger partial charge >= 0.3 is 6.03 Å². The van der Waals surface area contributed by atoms with E-state index in [4.69, 9.17) is 5.73 Å². The van der Waals surface area contributed by atoms with E-state index < -0.39 is 0 Å². The molecule has 0 spiro atoms. The smallest absolute Gasteiger partial charge is 0.322 e. The molecule has 0 saturated heterocycles. The first-order valence-electron chi connectivity index (χ1n) is 12.0. The molecule has 0 fully saturated rings. The zero-order valence-corrected chi connectivity index (χ0v) is 21.5. The van der Waals surface area contributed by atoms with Crippen LogP contribution in [0.2, 0.25) is 0 Å². The van der Waals surface area contributed by atoms with Crippen LogP contribution in [0.4, 0.5) is 27.5 Å². The highest BCUT2D eigenvalue weighted by molar-refractivity contribution is 6.05. The third-order valence-electron chi connectivity index (χ3n) is 5.75. The van der Waals surface area contributed by atoms with Crippen LogP contribution >= 0.6 is 0 Å². The van der Waals surface area contributed by atoms with Crippen LogP contribution in [-0.4, -0.2) is 63.0 Å². The van der Waals surface area contributed by atoms with Gasteiger partial charge in [-0.3, -0.25) is 4.79 Å². The summed E-state index contributed by atoms with van der Waals surface area (Å²) in [7, 11) is 7.99. The standard InChI is InChI=1S/C28H36N6O2/c1-32(2)18-7-19-34(28(36)30-23-14-16-24(17-15-23)33(3)4)20-21-10-12-22(13-11-21)27(35)31-26-9-6-5-8-25(26)29/h5-6,8-17H,7,18-20,29H2,1-4H3,(H,30,36)(H,31,35). The maximum Gasteiger partial charge on any atom is 0.322 e. The molecule has 0 bridgehead atoms. The number of amides is 3. The summed E-state index contributed by atoms with van der Waals surface area (Å²) in [5.74, 6) is -0.235. The first-order valence-corrected chi connectivity index (χ1v) is 12.0. The number of carbonyl (C=O) groups excluding carboxylic acids is 2. The number of benzene rings is 3. The summed E-state index contributed by atoms with van der Waals surface area (Å²) in [6.45, 7) is 1.92. The molecule has 0 radical (unpaired) electrons. The molecule has 0 heterocycles. The fourth-order valence-electron chi connectivity index (χ4n) is 3.66. The van der Waals surface area contributed by atoms with Gasteiger partial charge in [-0.25, -0.2) is 4.79 Å². The Hall–Kier alpha value is -4.04. The minimum Gasteiger partial charge on any atom is -0.397 e. The van der Waals surface area contributed by atoms with Crippen molar-refractivity contribution in [2.75, 3.05) is 62.5 Å². The predicted molar refractivity (Wildman–Crippen MR) is 149 cm³/mol. The predicted octanol–water partition coefficient (Wildman–Crippen LogP) is 4.57. The molecule has 0 aliphatic rings. The Bertz CT molecular complexity index is 1140. The summed E-state index contributed by atoms with van der Waals surface area (Å²) in [5, 5.41) is 5.84. The number of nitrogen functional groups attached to an aromatic ring is 1. The van der Waals surface area contributed by atoms with Crippen LogP contribution in [0.5, 0.6) is 0 Å². The molecule has 4 N–H and O–H groups in total. The second-order valence-electron chi connectivity index (χ2n) is 9.19. The molecule has 8 nitrogen and oxygen atoms in total. The van der Waals surface area contributed by atoms with Crippen molar-refractivity contribution in [1.29, 1.82) is 0 Å². The van der Waals surface area contributed by atoms with E-state index in [1.54, 1.807) is 29.2 Å². The first kappa shape index (κ1) is 26.6. The van der Waals surface area contributed by atoms with Crippen molar-refractivity contribution < 1.29 is 9.59 Å². The molecule has 3 amide bonds. The van der Waals surface area contributed by atoms with Gasteiger partial charge in [-0.15, -0.1) is 0 Å². The van der Waals surface area contributed by atoms with Crippen LogP contribution in [-0.2, 0) is 6.54 Å². The lowest BCUT2D eigenvalue weighted by Crippen LogP contribution is -2.36. The van der Waals surface area contributed by atoms with E-state index in [1.165, 1.54) is 0 Å². The Morgan fingerprint density at radius 2 is 1.47 bits per heavy atom. The van der Waals surface area contributed by atoms with Gasteiger partial charge in [0, 0.05) is 44.1 Å². The number of anilines is 4. The summed E-state index contributed by atoms with van der Waals surface area (Å²) in [4.78, 5) is 31.7. The van der Waals surface area contributed by atoms with Crippen molar-refractivity contribution in [1.82, 2.24) is 9.80 Å². The number of para-hydroxylation sites is 2. The second-order valence-corrected chi connectivity index (χ2v) is 9.19. The Morgan fingerprint density at radius 1 is 0.806 bits per heavy atom. The lowest BCUT2D eigenvalue weighted by atomic mass is 10.1. The SMILES string of the molecule is CN(C)CCCN(Cc1ccc(C(=O)Nc2ccccc2N)cc1)C(=O)Nc1ccc(N(C)C)cc1. The average molecular weight is 489 g/mol. The van der Waals surface area contributed by atoms with E-state index in [9.17, 15) is 9.59 Å². The molecular formula is C28H36N6O2. The highest BCUT2D eigenvalue weighted by Crippen LogP contribution is 2.19. The average Bonchev–Trinajstić information content (AvgIpc) is 2.85. The number of nitrogens with zero attached hydrogens (tertiary/aromatic N) is 3. The highest BCUT2D eigenvalue weighted by atomic mass is 16.2. The number of carbonyl (C=O) groups is 2. The zero-order valence-electron chi connectivity index (χ0n) is 21.5. The molecule has 36 heavy (non-hydrogen) atoms. The molecule has 3 aromatic carbocycles. The van der Waals surface area contributed by atoms with Gasteiger partial charge in [0.05, 0.1) is 11.4 Å². The van der Waals surface area contributed by atoms with Crippen LogP contribution in [0.15, 0.2) is 72.8 Å². The molecule has 3 aromatic rings. The largest absolute Gasteiger partial charge is 0.397 e. The minimum absolute atomic E-state index is 0.160. The van der Waals surface area contributed by atoms with E-state index >= 15 is 0 Å². The molecule has 0 saturated carbocycles. The van der Waals surface area contributed by atoms with Gasteiger partial charge in [0.2, 0.25) is 0 Å². The van der Waals surface area contributed by atoms with Crippen molar-refractivity contribution in [3.05, 3.63) is 83.9 Å². The third-order valence-corrected chi connectivity index (χ3v) is 5.75. The van der Waals surface area contributed by atoms with Crippen molar-refractivity contribution in [2.24, 2.45) is 0 Å². The van der Waals surface area contributed by atoms with Gasteiger partial charge in [-0.05, 0) is 81.2 Å². The number of nitrogens with two attached hydrogens (primary N) is 1. The first-order chi connectivity index (χ1) is 17.2. The quantitative estimate of drug-likeness (QED) is 0.364. The van der Waals surface area contributed by atoms with Crippen molar-refractivity contribution >= 4 is 34.7 Å². The second kappa shape index (κ2) is 12.6. The van der Waals surface area contributed by atoms with Crippen molar-refractivity contribution in [2.45, 2.75) is 13.0 Å². The van der Waals surface area contributed by atoms with Crippen LogP contribution in [0, 0.1) is 0 Å². The van der Waals surface area contributed by atoms with E-state index in [2.05, 4.69) is 15.5 Å². The van der Waals surface area contributed by atoms with Crippen LogP contribution < -0.4 is 21.3 Å².